The van der Waals surface area contributed by atoms with E-state index in [1.54, 1.807) is 13.8 Å². The van der Waals surface area contributed by atoms with Gasteiger partial charge < -0.3 is 10.5 Å². The molecule has 2 N–H and O–H groups in total. The molecule has 6 rings (SSSR count). The fraction of sp³-hybridized carbons (Fsp3) is 0.360. The van der Waals surface area contributed by atoms with Gasteiger partial charge in [-0.1, -0.05) is 114 Å². The van der Waals surface area contributed by atoms with E-state index in [2.05, 4.69) is 178 Å². The number of carbonyl (C=O) groups is 2. The first-order valence-corrected chi connectivity index (χ1v) is 26.4. The molecule has 58 heavy (non-hydrogen) atoms. The van der Waals surface area contributed by atoms with Gasteiger partial charge in [0.1, 0.15) is 0 Å². The SMILES string of the molecule is CCC(=O)N[B]NC(=O)CC.Cc1cc(C)c(C)c(-c2cccc3[cH-]c(C(C)(C)C)cc23)c1.Cc1cc(C)c(C)c(-c2cccc3[cH-]c(C(C)(C)C)cc23)c1.[Cl][Zr+2][Cl]. The fourth-order valence-electron chi connectivity index (χ4n) is 6.85. The summed E-state index contributed by atoms with van der Waals surface area (Å²) in [6.45, 7) is 30.4. The Morgan fingerprint density at radius 1 is 0.586 bits per heavy atom. The zero-order valence-corrected chi connectivity index (χ0v) is 41.1. The van der Waals surface area contributed by atoms with Gasteiger partial charge in [0, 0.05) is 12.8 Å². The van der Waals surface area contributed by atoms with Gasteiger partial charge >= 0.3 is 45.4 Å². The first-order chi connectivity index (χ1) is 27.2. The number of aryl methyl sites for hydroxylation is 4. The number of fused-ring (bicyclic) bond motifs is 2. The summed E-state index contributed by atoms with van der Waals surface area (Å²) >= 11 is -0.826. The van der Waals surface area contributed by atoms with Crippen molar-refractivity contribution in [3.63, 3.8) is 0 Å². The number of hydrogen-bond acceptors (Lipinski definition) is 2. The third-order valence-electron chi connectivity index (χ3n) is 10.5. The Labute approximate surface area is 368 Å². The molecule has 2 amide bonds. The van der Waals surface area contributed by atoms with Gasteiger partial charge in [0.05, 0.1) is 0 Å². The zero-order chi connectivity index (χ0) is 43.5. The van der Waals surface area contributed by atoms with Crippen molar-refractivity contribution in [1.82, 2.24) is 10.5 Å². The standard InChI is InChI=1S/2C22H25.C6H12BN2O2.2ClH.Zr/c2*1-14-10-15(2)16(3)20(11-14)19-9-7-8-17-12-18(13-21(17)19)22(4,5)6;1-3-5(10)8-7-9-6(11)4-2;;;/h2*7-13H,1-6H3;3-4H2,1-2H3,(H,8,10)(H,9,11);2*1H;/q2*-1;;;;+4/p-2. The Bertz CT molecular complexity index is 2160. The Morgan fingerprint density at radius 3 is 1.24 bits per heavy atom. The topological polar surface area (TPSA) is 58.2 Å². The van der Waals surface area contributed by atoms with E-state index < -0.39 is 20.8 Å². The van der Waals surface area contributed by atoms with Crippen molar-refractivity contribution < 1.29 is 30.4 Å². The molecule has 6 aromatic carbocycles. The number of rotatable bonds is 6. The van der Waals surface area contributed by atoms with Crippen LogP contribution in [0, 0.1) is 41.5 Å². The van der Waals surface area contributed by atoms with Crippen molar-refractivity contribution in [3.05, 3.63) is 129 Å². The summed E-state index contributed by atoms with van der Waals surface area (Å²) in [5, 5.41) is 10.3. The average Bonchev–Trinajstić information content (AvgIpc) is 3.81. The molecule has 0 atom stereocenters. The van der Waals surface area contributed by atoms with Gasteiger partial charge in [0.25, 0.3) is 0 Å². The quantitative estimate of drug-likeness (QED) is 0.129. The van der Waals surface area contributed by atoms with Gasteiger partial charge in [-0.25, -0.2) is 0 Å². The minimum atomic E-state index is -0.826. The molecular weight excluding hydrogens is 834 g/mol. The van der Waals surface area contributed by atoms with Crippen LogP contribution in [0.25, 0.3) is 43.8 Å². The van der Waals surface area contributed by atoms with Crippen LogP contribution in [0.2, 0.25) is 0 Å². The second-order valence-corrected chi connectivity index (χ2v) is 20.9. The second-order valence-electron chi connectivity index (χ2n) is 17.2. The first kappa shape index (κ1) is 48.9. The van der Waals surface area contributed by atoms with E-state index in [1.165, 1.54) is 95.9 Å². The molecule has 0 unspecified atom stereocenters. The molecule has 0 aromatic heterocycles. The normalized spacial score (nSPS) is 11.0. The number of amides is 2. The third kappa shape index (κ3) is 13.3. The molecule has 4 nitrogen and oxygen atoms in total. The molecule has 0 bridgehead atoms. The fourth-order valence-corrected chi connectivity index (χ4v) is 6.85. The maximum atomic E-state index is 10.6. The van der Waals surface area contributed by atoms with Crippen molar-refractivity contribution >= 4 is 57.9 Å². The molecule has 0 fully saturated rings. The predicted molar refractivity (Wildman–Crippen MR) is 250 cm³/mol. The van der Waals surface area contributed by atoms with E-state index >= 15 is 0 Å². The second kappa shape index (κ2) is 21.7. The molecule has 0 saturated heterocycles. The summed E-state index contributed by atoms with van der Waals surface area (Å²) in [5.41, 5.74) is 16.8. The van der Waals surface area contributed by atoms with Gasteiger partial charge in [-0.3, -0.25) is 9.59 Å². The molecular formula is C50H62BCl2N2O2Zr. The van der Waals surface area contributed by atoms with Crippen LogP contribution < -0.4 is 10.5 Å². The van der Waals surface area contributed by atoms with Gasteiger partial charge in [-0.05, 0) is 85.8 Å². The van der Waals surface area contributed by atoms with E-state index in [9.17, 15) is 9.59 Å². The monoisotopic (exact) mass is 893 g/mol. The zero-order valence-electron chi connectivity index (χ0n) is 37.1. The van der Waals surface area contributed by atoms with Crippen molar-refractivity contribution in [1.29, 1.82) is 0 Å². The number of benzene rings is 4. The average molecular weight is 896 g/mol. The van der Waals surface area contributed by atoms with Crippen LogP contribution in [-0.2, 0) is 41.3 Å². The summed E-state index contributed by atoms with van der Waals surface area (Å²) in [7, 11) is 11.1. The van der Waals surface area contributed by atoms with Crippen LogP contribution in [0.1, 0.15) is 113 Å². The summed E-state index contributed by atoms with van der Waals surface area (Å²) in [4.78, 5) is 21.2. The number of halogens is 2. The van der Waals surface area contributed by atoms with Crippen LogP contribution >= 0.6 is 17.0 Å². The summed E-state index contributed by atoms with van der Waals surface area (Å²) < 4.78 is 0. The predicted octanol–water partition coefficient (Wildman–Crippen LogP) is 13.8. The van der Waals surface area contributed by atoms with Crippen LogP contribution in [0.4, 0.5) is 0 Å². The van der Waals surface area contributed by atoms with Crippen LogP contribution in [0.15, 0.2) is 84.9 Å². The third-order valence-corrected chi connectivity index (χ3v) is 10.5. The first-order valence-electron chi connectivity index (χ1n) is 20.1. The summed E-state index contributed by atoms with van der Waals surface area (Å²) in [6.07, 6.45) is 0.830. The molecule has 305 valence electrons. The van der Waals surface area contributed by atoms with E-state index in [0.29, 0.717) is 12.8 Å². The van der Waals surface area contributed by atoms with Crippen molar-refractivity contribution in [2.24, 2.45) is 0 Å². The van der Waals surface area contributed by atoms with E-state index in [4.69, 9.17) is 17.0 Å². The van der Waals surface area contributed by atoms with Crippen molar-refractivity contribution in [3.8, 4) is 22.3 Å². The maximum absolute atomic E-state index is 10.6. The summed E-state index contributed by atoms with van der Waals surface area (Å²) in [5.74, 6) is -0.220. The van der Waals surface area contributed by atoms with Gasteiger partial charge in [0.15, 0.2) is 0 Å². The number of carbonyl (C=O) groups excluding carboxylic acids is 2. The molecule has 8 heteroatoms. The number of nitrogens with one attached hydrogen (secondary N) is 2. The van der Waals surface area contributed by atoms with Crippen LogP contribution in [0.5, 0.6) is 0 Å². The molecule has 0 spiro atoms. The van der Waals surface area contributed by atoms with Gasteiger partial charge in [-0.2, -0.15) is 12.1 Å². The molecule has 1 radical (unpaired) electrons. The van der Waals surface area contributed by atoms with Gasteiger partial charge in [-0.15, -0.1) is 69.1 Å². The minimum absolute atomic E-state index is 0.110. The molecule has 0 aliphatic heterocycles. The van der Waals surface area contributed by atoms with Crippen LogP contribution in [0.3, 0.4) is 0 Å². The Kier molecular flexibility index (Phi) is 18.3. The van der Waals surface area contributed by atoms with E-state index in [1.807, 2.05) is 0 Å². The molecule has 0 aliphatic rings. The van der Waals surface area contributed by atoms with E-state index in [0.717, 1.165) is 0 Å². The van der Waals surface area contributed by atoms with Crippen molar-refractivity contribution in [2.45, 2.75) is 121 Å². The molecule has 6 aromatic rings. The Morgan fingerprint density at radius 2 is 0.931 bits per heavy atom. The Balaban J connectivity index is 0.000000237. The van der Waals surface area contributed by atoms with E-state index in [-0.39, 0.29) is 22.6 Å². The van der Waals surface area contributed by atoms with Crippen molar-refractivity contribution in [2.75, 3.05) is 0 Å². The number of hydrogen-bond donors (Lipinski definition) is 2. The van der Waals surface area contributed by atoms with Gasteiger partial charge in [0.2, 0.25) is 11.8 Å². The molecule has 0 heterocycles. The molecule has 0 aliphatic carbocycles. The molecule has 0 saturated carbocycles. The Hall–Kier alpha value is -3.43. The van der Waals surface area contributed by atoms with Crippen LogP contribution in [-0.4, -0.2) is 19.4 Å². The summed E-state index contributed by atoms with van der Waals surface area (Å²) in [6, 6.07) is 32.0.